The zero-order valence-electron chi connectivity index (χ0n) is 24.1. The molecular weight excluding hydrogens is 611 g/mol. The second-order valence-electron chi connectivity index (χ2n) is 10.5. The van der Waals surface area contributed by atoms with Crippen LogP contribution in [-0.2, 0) is 36.3 Å². The minimum atomic E-state index is -3.84. The number of ether oxygens (including phenoxy) is 1. The minimum absolute atomic E-state index is 0.0664. The van der Waals surface area contributed by atoms with E-state index in [4.69, 9.17) is 4.74 Å². The third-order valence-corrected chi connectivity index (χ3v) is 11.5. The summed E-state index contributed by atoms with van der Waals surface area (Å²) < 4.78 is 34.3. The van der Waals surface area contributed by atoms with Crippen molar-refractivity contribution in [2.75, 3.05) is 49.3 Å². The van der Waals surface area contributed by atoms with E-state index < -0.39 is 21.5 Å². The van der Waals surface area contributed by atoms with Crippen LogP contribution in [0, 0.1) is 0 Å². The van der Waals surface area contributed by atoms with Crippen molar-refractivity contribution in [3.8, 4) is 0 Å². The summed E-state index contributed by atoms with van der Waals surface area (Å²) in [5, 5.41) is 3.22. The number of thiazole rings is 1. The van der Waals surface area contributed by atoms with Crippen LogP contribution in [0.15, 0.2) is 63.8 Å². The molecule has 1 unspecified atom stereocenters. The van der Waals surface area contributed by atoms with Crippen LogP contribution < -0.4 is 10.2 Å². The van der Waals surface area contributed by atoms with Gasteiger partial charge in [0.25, 0.3) is 0 Å². The second-order valence-corrected chi connectivity index (χ2v) is 14.8. The van der Waals surface area contributed by atoms with Crippen molar-refractivity contribution in [3.05, 3.63) is 65.9 Å². The standard InChI is InChI=1S/C29H33N5O6S3/c1-4-40-25(36)17-41-26-15-30-27(42-26)31-28(37)34-19-29(12-13-33(18-29)20(2)35)23-14-22(10-11-24(23)34)43(38,39)32(3)16-21-8-6-5-7-9-21/h5-11,14-15H,4,12-13,16-19H2,1-3H3,(H,30,31,37). The fraction of sp³-hybridized carbons (Fsp3) is 0.379. The number of thioether (sulfide) groups is 1. The van der Waals surface area contributed by atoms with Gasteiger partial charge in [0.05, 0.1) is 27.7 Å². The van der Waals surface area contributed by atoms with E-state index in [-0.39, 0.29) is 35.6 Å². The number of carbonyl (C=O) groups is 3. The van der Waals surface area contributed by atoms with Gasteiger partial charge in [-0.3, -0.25) is 19.8 Å². The molecule has 1 N–H and O–H groups in total. The average Bonchev–Trinajstić information content (AvgIpc) is 3.70. The summed E-state index contributed by atoms with van der Waals surface area (Å²) in [6, 6.07) is 13.8. The zero-order chi connectivity index (χ0) is 30.8. The van der Waals surface area contributed by atoms with Gasteiger partial charge < -0.3 is 9.64 Å². The second kappa shape index (κ2) is 12.6. The molecule has 43 heavy (non-hydrogen) atoms. The maximum Gasteiger partial charge on any atom is 0.328 e. The number of hydrogen-bond acceptors (Lipinski definition) is 9. The monoisotopic (exact) mass is 643 g/mol. The SMILES string of the molecule is CCOC(=O)CSc1cnc(NC(=O)N2CC3(CCN(C(C)=O)C3)c3cc(S(=O)(=O)N(C)Cc4ccccc4)ccc32)s1. The Balaban J connectivity index is 1.39. The molecule has 1 aromatic heterocycles. The predicted molar refractivity (Wildman–Crippen MR) is 166 cm³/mol. The van der Waals surface area contributed by atoms with Crippen molar-refractivity contribution in [3.63, 3.8) is 0 Å². The number of fused-ring (bicyclic) bond motifs is 2. The van der Waals surface area contributed by atoms with Gasteiger partial charge in [-0.25, -0.2) is 18.2 Å². The van der Waals surface area contributed by atoms with Crippen LogP contribution in [0.2, 0.25) is 0 Å². The minimum Gasteiger partial charge on any atom is -0.465 e. The smallest absolute Gasteiger partial charge is 0.328 e. The van der Waals surface area contributed by atoms with E-state index in [1.807, 2.05) is 30.3 Å². The van der Waals surface area contributed by atoms with Crippen molar-refractivity contribution in [1.29, 1.82) is 0 Å². The molecule has 228 valence electrons. The molecule has 3 aromatic rings. The van der Waals surface area contributed by atoms with Crippen LogP contribution in [0.1, 0.15) is 31.4 Å². The summed E-state index contributed by atoms with van der Waals surface area (Å²) in [5.74, 6) is -0.248. The first-order valence-corrected chi connectivity index (χ1v) is 17.0. The molecule has 2 aromatic carbocycles. The van der Waals surface area contributed by atoms with Crippen LogP contribution in [0.3, 0.4) is 0 Å². The largest absolute Gasteiger partial charge is 0.465 e. The topological polar surface area (TPSA) is 129 Å². The Kier molecular flexibility index (Phi) is 9.11. The van der Waals surface area contributed by atoms with E-state index in [1.165, 1.54) is 40.4 Å². The highest BCUT2D eigenvalue weighted by molar-refractivity contribution is 8.01. The third kappa shape index (κ3) is 6.56. The number of likely N-dealkylation sites (tertiary alicyclic amines) is 1. The van der Waals surface area contributed by atoms with E-state index in [0.29, 0.717) is 36.9 Å². The van der Waals surface area contributed by atoms with Gasteiger partial charge in [-0.1, -0.05) is 41.7 Å². The van der Waals surface area contributed by atoms with Crippen molar-refractivity contribution in [2.45, 2.75) is 41.3 Å². The fourth-order valence-electron chi connectivity index (χ4n) is 5.46. The van der Waals surface area contributed by atoms with Crippen LogP contribution in [0.4, 0.5) is 15.6 Å². The summed E-state index contributed by atoms with van der Waals surface area (Å²) >= 11 is 2.53. The van der Waals surface area contributed by atoms with Gasteiger partial charge in [0.1, 0.15) is 0 Å². The lowest BCUT2D eigenvalue weighted by Gasteiger charge is -2.25. The van der Waals surface area contributed by atoms with Crippen LogP contribution in [0.5, 0.6) is 0 Å². The van der Waals surface area contributed by atoms with Crippen molar-refractivity contribution < 1.29 is 27.5 Å². The van der Waals surface area contributed by atoms with Crippen molar-refractivity contribution in [1.82, 2.24) is 14.2 Å². The Morgan fingerprint density at radius 3 is 2.63 bits per heavy atom. The van der Waals surface area contributed by atoms with E-state index >= 15 is 0 Å². The Morgan fingerprint density at radius 2 is 1.93 bits per heavy atom. The number of hydrogen-bond donors (Lipinski definition) is 1. The van der Waals surface area contributed by atoms with Crippen LogP contribution in [0.25, 0.3) is 0 Å². The van der Waals surface area contributed by atoms with Gasteiger partial charge in [-0.05, 0) is 42.7 Å². The Labute approximate surface area is 259 Å². The van der Waals surface area contributed by atoms with Gasteiger partial charge >= 0.3 is 12.0 Å². The van der Waals surface area contributed by atoms with E-state index in [0.717, 1.165) is 15.3 Å². The number of nitrogens with zero attached hydrogens (tertiary/aromatic N) is 4. The van der Waals surface area contributed by atoms with Crippen LogP contribution in [-0.4, -0.2) is 79.6 Å². The normalized spacial score (nSPS) is 17.9. The number of aromatic nitrogens is 1. The number of sulfonamides is 1. The summed E-state index contributed by atoms with van der Waals surface area (Å²) in [6.07, 6.45) is 2.19. The maximum atomic E-state index is 13.6. The lowest BCUT2D eigenvalue weighted by atomic mass is 9.81. The average molecular weight is 644 g/mol. The molecule has 5 rings (SSSR count). The number of carbonyl (C=O) groups excluding carboxylic acids is 3. The van der Waals surface area contributed by atoms with Crippen molar-refractivity contribution >= 4 is 61.8 Å². The maximum absolute atomic E-state index is 13.6. The molecule has 14 heteroatoms. The lowest BCUT2D eigenvalue weighted by Crippen LogP contribution is -2.41. The molecular formula is C29H33N5O6S3. The molecule has 2 aliphatic heterocycles. The first-order chi connectivity index (χ1) is 20.5. The molecule has 0 radical (unpaired) electrons. The van der Waals surface area contributed by atoms with Gasteiger partial charge in [0.15, 0.2) is 5.13 Å². The first-order valence-electron chi connectivity index (χ1n) is 13.8. The molecule has 1 spiro atoms. The van der Waals surface area contributed by atoms with Gasteiger partial charge in [-0.2, -0.15) is 4.31 Å². The predicted octanol–water partition coefficient (Wildman–Crippen LogP) is 4.16. The number of amides is 3. The van der Waals surface area contributed by atoms with E-state index in [9.17, 15) is 22.8 Å². The van der Waals surface area contributed by atoms with Crippen molar-refractivity contribution in [2.24, 2.45) is 0 Å². The lowest BCUT2D eigenvalue weighted by molar-refractivity contribution is -0.139. The zero-order valence-corrected chi connectivity index (χ0v) is 26.6. The molecule has 1 atom stereocenters. The molecule has 11 nitrogen and oxygen atoms in total. The third-order valence-electron chi connectivity index (χ3n) is 7.63. The quantitative estimate of drug-likeness (QED) is 0.272. The van der Waals surface area contributed by atoms with Gasteiger partial charge in [-0.15, -0.1) is 11.8 Å². The molecule has 3 amide bonds. The molecule has 1 fully saturated rings. The number of nitrogens with one attached hydrogen (secondary N) is 1. The van der Waals surface area contributed by atoms with Gasteiger partial charge in [0, 0.05) is 51.3 Å². The van der Waals surface area contributed by atoms with E-state index in [1.54, 1.807) is 42.1 Å². The van der Waals surface area contributed by atoms with Gasteiger partial charge in [0.2, 0.25) is 15.9 Å². The molecule has 0 saturated carbocycles. The summed E-state index contributed by atoms with van der Waals surface area (Å²) in [5.41, 5.74) is 1.59. The van der Waals surface area contributed by atoms with Crippen LogP contribution >= 0.6 is 23.1 Å². The highest BCUT2D eigenvalue weighted by Crippen LogP contribution is 2.47. The number of benzene rings is 2. The first kappa shape index (κ1) is 31.0. The molecule has 3 heterocycles. The van der Waals surface area contributed by atoms with E-state index in [2.05, 4.69) is 10.3 Å². The highest BCUT2D eigenvalue weighted by atomic mass is 32.2. The number of rotatable bonds is 9. The number of esters is 1. The molecule has 1 saturated heterocycles. The Bertz CT molecular complexity index is 1630. The summed E-state index contributed by atoms with van der Waals surface area (Å²) in [6.45, 7) is 4.97. The Morgan fingerprint density at radius 1 is 1.16 bits per heavy atom. The Hall–Kier alpha value is -3.46. The number of urea groups is 1. The summed E-state index contributed by atoms with van der Waals surface area (Å²) in [7, 11) is -2.30. The molecule has 0 aliphatic carbocycles. The highest BCUT2D eigenvalue weighted by Gasteiger charge is 2.50. The summed E-state index contributed by atoms with van der Waals surface area (Å²) in [4.78, 5) is 45.3. The fourth-order valence-corrected chi connectivity index (χ4v) is 8.31. The number of anilines is 2. The molecule has 2 aliphatic rings. The molecule has 0 bridgehead atoms.